The molecule has 5 aromatic rings. The number of carboxylic acid groups (broad SMARTS) is 1. The van der Waals surface area contributed by atoms with Crippen molar-refractivity contribution in [3.05, 3.63) is 101 Å². The Morgan fingerprint density at radius 1 is 1.04 bits per heavy atom. The summed E-state index contributed by atoms with van der Waals surface area (Å²) in [6.07, 6.45) is 6.45. The topological polar surface area (TPSA) is 124 Å². The number of carbonyl (C=O) groups excluding carboxylic acids is 1. The quantitative estimate of drug-likeness (QED) is 0.181. The molecule has 3 heterocycles. The van der Waals surface area contributed by atoms with Crippen LogP contribution in [0.4, 0.5) is 5.69 Å². The molecule has 1 aliphatic rings. The van der Waals surface area contributed by atoms with Crippen LogP contribution in [-0.2, 0) is 29.0 Å². The number of benzene rings is 3. The van der Waals surface area contributed by atoms with E-state index in [-0.39, 0.29) is 18.2 Å². The molecule has 2 aromatic heterocycles. The average molecular weight is 606 g/mol. The molecule has 0 atom stereocenters. The minimum absolute atomic E-state index is 0.0632. The molecule has 0 radical (unpaired) electrons. The van der Waals surface area contributed by atoms with Gasteiger partial charge in [0.25, 0.3) is 0 Å². The minimum Gasteiger partial charge on any atom is -0.493 e. The van der Waals surface area contributed by atoms with Crippen LogP contribution in [0.25, 0.3) is 22.5 Å². The lowest BCUT2D eigenvalue weighted by molar-refractivity contribution is -0.136. The predicted molar refractivity (Wildman–Crippen MR) is 169 cm³/mol. The van der Waals surface area contributed by atoms with E-state index >= 15 is 0 Å². The van der Waals surface area contributed by atoms with Gasteiger partial charge in [-0.2, -0.15) is 10.1 Å². The van der Waals surface area contributed by atoms with Crippen molar-refractivity contribution < 1.29 is 24.0 Å². The van der Waals surface area contributed by atoms with Crippen LogP contribution in [0.2, 0.25) is 0 Å². The third kappa shape index (κ3) is 6.80. The molecule has 0 unspecified atom stereocenters. The summed E-state index contributed by atoms with van der Waals surface area (Å²) in [4.78, 5) is 30.4. The average Bonchev–Trinajstić information content (AvgIpc) is 3.70. The molecule has 0 fully saturated rings. The fraction of sp³-hybridized carbons (Fsp3) is 0.286. The number of amides is 1. The van der Waals surface area contributed by atoms with Crippen molar-refractivity contribution in [2.24, 2.45) is 0 Å². The van der Waals surface area contributed by atoms with Gasteiger partial charge >= 0.3 is 5.97 Å². The molecule has 230 valence electrons. The summed E-state index contributed by atoms with van der Waals surface area (Å²) in [6, 6.07) is 19.9. The minimum atomic E-state index is -1.03. The van der Waals surface area contributed by atoms with E-state index in [1.54, 1.807) is 0 Å². The smallest absolute Gasteiger partial charge is 0.312 e. The zero-order chi connectivity index (χ0) is 31.3. The van der Waals surface area contributed by atoms with E-state index in [4.69, 9.17) is 14.4 Å². The fourth-order valence-electron chi connectivity index (χ4n) is 5.73. The third-order valence-electron chi connectivity index (χ3n) is 8.14. The number of rotatable bonds is 11. The van der Waals surface area contributed by atoms with Gasteiger partial charge in [0.15, 0.2) is 0 Å². The van der Waals surface area contributed by atoms with E-state index in [2.05, 4.69) is 41.2 Å². The molecule has 45 heavy (non-hydrogen) atoms. The van der Waals surface area contributed by atoms with Gasteiger partial charge in [-0.3, -0.25) is 14.3 Å². The van der Waals surface area contributed by atoms with E-state index < -0.39 is 5.97 Å². The summed E-state index contributed by atoms with van der Waals surface area (Å²) in [5.41, 5.74) is 8.27. The van der Waals surface area contributed by atoms with E-state index in [9.17, 15) is 9.59 Å². The van der Waals surface area contributed by atoms with Crippen molar-refractivity contribution >= 4 is 17.6 Å². The van der Waals surface area contributed by atoms with Crippen molar-refractivity contribution in [1.82, 2.24) is 19.9 Å². The van der Waals surface area contributed by atoms with Crippen LogP contribution in [0.1, 0.15) is 47.4 Å². The van der Waals surface area contributed by atoms with Gasteiger partial charge < -0.3 is 19.3 Å². The molecule has 1 N–H and O–H groups in total. The Hall–Kier alpha value is -5.25. The first-order valence-electron chi connectivity index (χ1n) is 15.1. The van der Waals surface area contributed by atoms with E-state index in [0.717, 1.165) is 52.1 Å². The molecule has 1 aliphatic heterocycles. The number of hydrogen-bond donors (Lipinski definition) is 1. The Morgan fingerprint density at radius 2 is 1.89 bits per heavy atom. The molecule has 0 saturated carbocycles. The summed E-state index contributed by atoms with van der Waals surface area (Å²) < 4.78 is 12.9. The van der Waals surface area contributed by atoms with Gasteiger partial charge in [0.2, 0.25) is 17.6 Å². The van der Waals surface area contributed by atoms with Crippen LogP contribution in [0.3, 0.4) is 0 Å². The van der Waals surface area contributed by atoms with Crippen molar-refractivity contribution in [1.29, 1.82) is 0 Å². The number of carbonyl (C=O) groups is 2. The zero-order valence-electron chi connectivity index (χ0n) is 25.4. The van der Waals surface area contributed by atoms with Crippen molar-refractivity contribution in [3.8, 4) is 28.3 Å². The maximum Gasteiger partial charge on any atom is 0.312 e. The number of aromatic nitrogens is 4. The Morgan fingerprint density at radius 3 is 2.76 bits per heavy atom. The number of carboxylic acids is 1. The van der Waals surface area contributed by atoms with Crippen LogP contribution < -0.4 is 9.64 Å². The third-order valence-corrected chi connectivity index (χ3v) is 8.14. The number of aliphatic carboxylic acids is 1. The number of nitrogens with zero attached hydrogens (tertiary/aromatic N) is 5. The SMILES string of the molecule is Cc1cccc(OCCCC(=O)N2CCCc3c(-c4cnn(Cc5cccc(-c6noc(CC(=O)O)n6)c5)c4)cccc32)c1C. The second kappa shape index (κ2) is 13.2. The van der Waals surface area contributed by atoms with Gasteiger partial charge in [0, 0.05) is 36.0 Å². The van der Waals surface area contributed by atoms with Gasteiger partial charge in [-0.05, 0) is 79.1 Å². The molecule has 10 nitrogen and oxygen atoms in total. The first kappa shape index (κ1) is 29.8. The highest BCUT2D eigenvalue weighted by atomic mass is 16.5. The van der Waals surface area contributed by atoms with Gasteiger partial charge in [0.1, 0.15) is 12.2 Å². The lowest BCUT2D eigenvalue weighted by atomic mass is 9.93. The Bertz CT molecular complexity index is 1840. The molecule has 0 bridgehead atoms. The predicted octanol–water partition coefficient (Wildman–Crippen LogP) is 6.03. The molecule has 0 spiro atoms. The summed E-state index contributed by atoms with van der Waals surface area (Å²) in [7, 11) is 0. The van der Waals surface area contributed by atoms with E-state index in [0.29, 0.717) is 38.4 Å². The highest BCUT2D eigenvalue weighted by molar-refractivity contribution is 5.96. The van der Waals surface area contributed by atoms with Crippen molar-refractivity contribution in [3.63, 3.8) is 0 Å². The Labute approximate surface area is 261 Å². The van der Waals surface area contributed by atoms with Crippen LogP contribution >= 0.6 is 0 Å². The van der Waals surface area contributed by atoms with Crippen LogP contribution in [-0.4, -0.2) is 50.1 Å². The molecule has 6 rings (SSSR count). The van der Waals surface area contributed by atoms with Gasteiger partial charge in [-0.15, -0.1) is 0 Å². The maximum absolute atomic E-state index is 13.3. The normalized spacial score (nSPS) is 12.6. The number of aryl methyl sites for hydroxylation is 1. The maximum atomic E-state index is 13.3. The second-order valence-electron chi connectivity index (χ2n) is 11.3. The number of hydrogen-bond acceptors (Lipinski definition) is 7. The molecular weight excluding hydrogens is 570 g/mol. The molecule has 10 heteroatoms. The first-order valence-corrected chi connectivity index (χ1v) is 15.1. The number of fused-ring (bicyclic) bond motifs is 1. The molecule has 1 amide bonds. The second-order valence-corrected chi connectivity index (χ2v) is 11.3. The van der Waals surface area contributed by atoms with Crippen molar-refractivity contribution in [2.45, 2.75) is 52.5 Å². The summed E-state index contributed by atoms with van der Waals surface area (Å²) in [5, 5.41) is 17.5. The van der Waals surface area contributed by atoms with Crippen LogP contribution in [0.15, 0.2) is 77.6 Å². The Kier molecular flexibility index (Phi) is 8.72. The van der Waals surface area contributed by atoms with Gasteiger partial charge in [-0.1, -0.05) is 47.6 Å². The molecular formula is C35H35N5O5. The lowest BCUT2D eigenvalue weighted by Crippen LogP contribution is -2.35. The standard InChI is InChI=1S/C35H35N5O5/c1-23-8-3-14-31(24(23)2)44-17-7-15-33(41)40-16-6-12-29-28(11-5-13-30(29)40)27-20-36-39(22-27)21-25-9-4-10-26(18-25)35-37-32(45-38-35)19-34(42)43/h3-5,8-11,13-14,18,20,22H,6-7,12,15-17,19,21H2,1-2H3,(H,42,43). The van der Waals surface area contributed by atoms with Gasteiger partial charge in [-0.25, -0.2) is 0 Å². The van der Waals surface area contributed by atoms with E-state index in [1.807, 2.05) is 70.5 Å². The highest BCUT2D eigenvalue weighted by Gasteiger charge is 2.25. The number of ether oxygens (including phenoxy) is 1. The largest absolute Gasteiger partial charge is 0.493 e. The van der Waals surface area contributed by atoms with Crippen LogP contribution in [0, 0.1) is 13.8 Å². The number of anilines is 1. The Balaban J connectivity index is 1.12. The first-order chi connectivity index (χ1) is 21.9. The zero-order valence-corrected chi connectivity index (χ0v) is 25.4. The van der Waals surface area contributed by atoms with Gasteiger partial charge in [0.05, 0.1) is 19.3 Å². The monoisotopic (exact) mass is 605 g/mol. The lowest BCUT2D eigenvalue weighted by Gasteiger charge is -2.31. The van der Waals surface area contributed by atoms with Crippen LogP contribution in [0.5, 0.6) is 5.75 Å². The summed E-state index contributed by atoms with van der Waals surface area (Å²) in [5.74, 6) is 0.376. The van der Waals surface area contributed by atoms with Crippen molar-refractivity contribution in [2.75, 3.05) is 18.1 Å². The summed E-state index contributed by atoms with van der Waals surface area (Å²) in [6.45, 7) is 5.86. The summed E-state index contributed by atoms with van der Waals surface area (Å²) >= 11 is 0. The molecule has 0 aliphatic carbocycles. The highest BCUT2D eigenvalue weighted by Crippen LogP contribution is 2.36. The van der Waals surface area contributed by atoms with E-state index in [1.165, 1.54) is 11.1 Å². The molecule has 3 aromatic carbocycles. The fourth-order valence-corrected chi connectivity index (χ4v) is 5.73. The molecule has 0 saturated heterocycles.